The quantitative estimate of drug-likeness (QED) is 0.819. The molecule has 1 aliphatic rings. The van der Waals surface area contributed by atoms with Gasteiger partial charge in [-0.2, -0.15) is 0 Å². The molecule has 2 amide bonds. The lowest BCUT2D eigenvalue weighted by Gasteiger charge is -2.20. The van der Waals surface area contributed by atoms with Crippen molar-refractivity contribution in [1.82, 2.24) is 4.90 Å². The Kier molecular flexibility index (Phi) is 5.20. The fraction of sp³-hybridized carbons (Fsp3) is 0.500. The van der Waals surface area contributed by atoms with E-state index in [0.717, 1.165) is 31.4 Å². The Bertz CT molecular complexity index is 516. The number of amides is 2. The van der Waals surface area contributed by atoms with Crippen molar-refractivity contribution in [2.75, 3.05) is 18.8 Å². The number of primary amides is 1. The van der Waals surface area contributed by atoms with Crippen LogP contribution in [-0.2, 0) is 16.0 Å². The number of anilines is 1. The summed E-state index contributed by atoms with van der Waals surface area (Å²) < 4.78 is 0. The van der Waals surface area contributed by atoms with E-state index in [2.05, 4.69) is 0 Å². The van der Waals surface area contributed by atoms with E-state index < -0.39 is 0 Å². The number of carbonyl (C=O) groups excluding carboxylic acids is 2. The number of hydrogen-bond acceptors (Lipinski definition) is 3. The molecule has 0 saturated carbocycles. The van der Waals surface area contributed by atoms with E-state index in [-0.39, 0.29) is 11.8 Å². The van der Waals surface area contributed by atoms with Gasteiger partial charge in [0.05, 0.1) is 6.42 Å². The molecule has 114 valence electrons. The number of rotatable bonds is 4. The molecule has 1 heterocycles. The van der Waals surface area contributed by atoms with E-state index in [9.17, 15) is 9.59 Å². The number of benzene rings is 1. The van der Waals surface area contributed by atoms with Crippen molar-refractivity contribution >= 4 is 17.5 Å². The van der Waals surface area contributed by atoms with Gasteiger partial charge < -0.3 is 16.4 Å². The molecule has 0 radical (unpaired) electrons. The summed E-state index contributed by atoms with van der Waals surface area (Å²) in [6.07, 6.45) is 3.56. The van der Waals surface area contributed by atoms with Crippen LogP contribution in [-0.4, -0.2) is 29.8 Å². The predicted molar refractivity (Wildman–Crippen MR) is 82.3 cm³/mol. The maximum Gasteiger partial charge on any atom is 0.226 e. The van der Waals surface area contributed by atoms with Crippen molar-refractivity contribution in [1.29, 1.82) is 0 Å². The summed E-state index contributed by atoms with van der Waals surface area (Å²) in [5.74, 6) is 0.188. The molecule has 0 aliphatic carbocycles. The molecule has 0 aromatic heterocycles. The SMILES string of the molecule is NC(=O)CC1CCCN(C(=O)Cc2cccc(N)c2)CC1. The average molecular weight is 289 g/mol. The summed E-state index contributed by atoms with van der Waals surface area (Å²) >= 11 is 0. The molecule has 4 N–H and O–H groups in total. The standard InChI is InChI=1S/C16H23N3O2/c17-14-5-1-3-13(9-14)11-16(21)19-7-2-4-12(6-8-19)10-15(18)20/h1,3,5,9,12H,2,4,6-8,10-11,17H2,(H2,18,20). The van der Waals surface area contributed by atoms with E-state index in [0.29, 0.717) is 31.0 Å². The van der Waals surface area contributed by atoms with Crippen molar-refractivity contribution in [3.8, 4) is 0 Å². The molecule has 1 saturated heterocycles. The highest BCUT2D eigenvalue weighted by Crippen LogP contribution is 2.21. The topological polar surface area (TPSA) is 89.4 Å². The van der Waals surface area contributed by atoms with Crippen LogP contribution in [0.5, 0.6) is 0 Å². The zero-order chi connectivity index (χ0) is 15.2. The first-order valence-corrected chi connectivity index (χ1v) is 7.45. The van der Waals surface area contributed by atoms with Crippen LogP contribution in [0.25, 0.3) is 0 Å². The van der Waals surface area contributed by atoms with Gasteiger partial charge in [-0.25, -0.2) is 0 Å². The molecule has 0 bridgehead atoms. The number of likely N-dealkylation sites (tertiary alicyclic amines) is 1. The highest BCUT2D eigenvalue weighted by molar-refractivity contribution is 5.79. The Morgan fingerprint density at radius 2 is 2.05 bits per heavy atom. The third kappa shape index (κ3) is 4.77. The van der Waals surface area contributed by atoms with Crippen LogP contribution in [0.2, 0.25) is 0 Å². The fourth-order valence-electron chi connectivity index (χ4n) is 2.89. The highest BCUT2D eigenvalue weighted by atomic mass is 16.2. The summed E-state index contributed by atoms with van der Waals surface area (Å²) in [6, 6.07) is 7.44. The molecule has 1 aromatic carbocycles. The monoisotopic (exact) mass is 289 g/mol. The minimum atomic E-state index is -0.250. The van der Waals surface area contributed by atoms with E-state index in [1.165, 1.54) is 0 Å². The molecule has 21 heavy (non-hydrogen) atoms. The highest BCUT2D eigenvalue weighted by Gasteiger charge is 2.21. The van der Waals surface area contributed by atoms with Gasteiger partial charge in [0, 0.05) is 25.2 Å². The average Bonchev–Trinajstić information content (AvgIpc) is 2.63. The van der Waals surface area contributed by atoms with Gasteiger partial charge in [-0.1, -0.05) is 12.1 Å². The van der Waals surface area contributed by atoms with Crippen LogP contribution < -0.4 is 11.5 Å². The number of nitrogen functional groups attached to an aromatic ring is 1. The van der Waals surface area contributed by atoms with Gasteiger partial charge in [-0.3, -0.25) is 9.59 Å². The Hall–Kier alpha value is -2.04. The summed E-state index contributed by atoms with van der Waals surface area (Å²) in [4.78, 5) is 25.2. The van der Waals surface area contributed by atoms with Crippen LogP contribution in [0.1, 0.15) is 31.2 Å². The van der Waals surface area contributed by atoms with Crippen molar-refractivity contribution in [3.63, 3.8) is 0 Å². The smallest absolute Gasteiger partial charge is 0.226 e. The molecule has 2 rings (SSSR count). The third-order valence-corrected chi connectivity index (χ3v) is 4.00. The molecule has 1 aromatic rings. The maximum absolute atomic E-state index is 12.4. The Morgan fingerprint density at radius 1 is 1.24 bits per heavy atom. The Labute approximate surface area is 125 Å². The lowest BCUT2D eigenvalue weighted by atomic mass is 9.97. The van der Waals surface area contributed by atoms with Gasteiger partial charge in [0.1, 0.15) is 0 Å². The Balaban J connectivity index is 1.89. The number of nitrogens with two attached hydrogens (primary N) is 2. The lowest BCUT2D eigenvalue weighted by Crippen LogP contribution is -2.33. The number of nitrogens with zero attached hydrogens (tertiary/aromatic N) is 1. The minimum Gasteiger partial charge on any atom is -0.399 e. The zero-order valence-electron chi connectivity index (χ0n) is 12.3. The summed E-state index contributed by atoms with van der Waals surface area (Å²) in [5, 5.41) is 0. The molecular weight excluding hydrogens is 266 g/mol. The molecule has 0 spiro atoms. The molecule has 1 unspecified atom stereocenters. The second-order valence-corrected chi connectivity index (χ2v) is 5.77. The first-order chi connectivity index (χ1) is 10.0. The van der Waals surface area contributed by atoms with Crippen molar-refractivity contribution < 1.29 is 9.59 Å². The first-order valence-electron chi connectivity index (χ1n) is 7.45. The largest absolute Gasteiger partial charge is 0.399 e. The maximum atomic E-state index is 12.4. The lowest BCUT2D eigenvalue weighted by molar-refractivity contribution is -0.130. The second kappa shape index (κ2) is 7.11. The van der Waals surface area contributed by atoms with Gasteiger partial charge >= 0.3 is 0 Å². The summed E-state index contributed by atoms with van der Waals surface area (Å²) in [6.45, 7) is 1.47. The third-order valence-electron chi connectivity index (χ3n) is 4.00. The van der Waals surface area contributed by atoms with Crippen LogP contribution >= 0.6 is 0 Å². The summed E-state index contributed by atoms with van der Waals surface area (Å²) in [5.41, 5.74) is 12.6. The van der Waals surface area contributed by atoms with Crippen molar-refractivity contribution in [2.45, 2.75) is 32.1 Å². The first kappa shape index (κ1) is 15.4. The van der Waals surface area contributed by atoms with E-state index in [4.69, 9.17) is 11.5 Å². The minimum absolute atomic E-state index is 0.125. The van der Waals surface area contributed by atoms with E-state index in [1.807, 2.05) is 29.2 Å². The van der Waals surface area contributed by atoms with Gasteiger partial charge in [0.2, 0.25) is 11.8 Å². The van der Waals surface area contributed by atoms with Crippen LogP contribution in [0.3, 0.4) is 0 Å². The Morgan fingerprint density at radius 3 is 2.76 bits per heavy atom. The van der Waals surface area contributed by atoms with Gasteiger partial charge in [-0.15, -0.1) is 0 Å². The van der Waals surface area contributed by atoms with Crippen LogP contribution in [0.4, 0.5) is 5.69 Å². The molecule has 5 nitrogen and oxygen atoms in total. The van der Waals surface area contributed by atoms with Crippen LogP contribution in [0, 0.1) is 5.92 Å². The molecule has 1 fully saturated rings. The normalized spacial score (nSPS) is 19.0. The molecule has 5 heteroatoms. The predicted octanol–water partition coefficient (Wildman–Crippen LogP) is 1.32. The van der Waals surface area contributed by atoms with Gasteiger partial charge in [0.15, 0.2) is 0 Å². The molecule has 1 atom stereocenters. The molecular formula is C16H23N3O2. The zero-order valence-corrected chi connectivity index (χ0v) is 12.3. The van der Waals surface area contributed by atoms with E-state index >= 15 is 0 Å². The van der Waals surface area contributed by atoms with Crippen LogP contribution in [0.15, 0.2) is 24.3 Å². The second-order valence-electron chi connectivity index (χ2n) is 5.77. The number of hydrogen-bond donors (Lipinski definition) is 2. The fourth-order valence-corrected chi connectivity index (χ4v) is 2.89. The van der Waals surface area contributed by atoms with Crippen molar-refractivity contribution in [3.05, 3.63) is 29.8 Å². The molecule has 1 aliphatic heterocycles. The van der Waals surface area contributed by atoms with Gasteiger partial charge in [-0.05, 0) is 42.9 Å². The number of carbonyl (C=O) groups is 2. The van der Waals surface area contributed by atoms with E-state index in [1.54, 1.807) is 0 Å². The summed E-state index contributed by atoms with van der Waals surface area (Å²) in [7, 11) is 0. The van der Waals surface area contributed by atoms with Crippen molar-refractivity contribution in [2.24, 2.45) is 11.7 Å². The van der Waals surface area contributed by atoms with Gasteiger partial charge in [0.25, 0.3) is 0 Å².